The van der Waals surface area contributed by atoms with Gasteiger partial charge >= 0.3 is 0 Å². The van der Waals surface area contributed by atoms with Crippen molar-refractivity contribution in [2.45, 2.75) is 11.4 Å². The lowest BCUT2D eigenvalue weighted by molar-refractivity contribution is -0.117. The van der Waals surface area contributed by atoms with Crippen LogP contribution in [0.2, 0.25) is 0 Å². The van der Waals surface area contributed by atoms with Crippen molar-refractivity contribution in [3.63, 3.8) is 0 Å². The lowest BCUT2D eigenvalue weighted by Gasteiger charge is -2.08. The van der Waals surface area contributed by atoms with E-state index in [4.69, 9.17) is 11.6 Å². The number of hydrogen-bond acceptors (Lipinski definition) is 6. The van der Waals surface area contributed by atoms with Gasteiger partial charge in [0.05, 0.1) is 5.69 Å². The molecule has 0 aliphatic carbocycles. The molecule has 0 fully saturated rings. The first kappa shape index (κ1) is 13.4. The van der Waals surface area contributed by atoms with Crippen LogP contribution in [0, 0.1) is 0 Å². The molecule has 17 heavy (non-hydrogen) atoms. The van der Waals surface area contributed by atoms with Gasteiger partial charge in [0, 0.05) is 19.2 Å². The van der Waals surface area contributed by atoms with E-state index in [1.165, 1.54) is 18.3 Å². The number of anilines is 1. The fourth-order valence-corrected chi connectivity index (χ4v) is 2.22. The van der Waals surface area contributed by atoms with E-state index in [0.29, 0.717) is 0 Å². The zero-order valence-electron chi connectivity index (χ0n) is 8.88. The van der Waals surface area contributed by atoms with E-state index in [9.17, 15) is 13.2 Å². The van der Waals surface area contributed by atoms with Gasteiger partial charge < -0.3 is 11.2 Å². The highest BCUT2D eigenvalue weighted by molar-refractivity contribution is 7.89. The van der Waals surface area contributed by atoms with Crippen LogP contribution in [0.15, 0.2) is 23.4 Å². The van der Waals surface area contributed by atoms with E-state index in [-0.39, 0.29) is 23.7 Å². The van der Waals surface area contributed by atoms with Gasteiger partial charge in [0.15, 0.2) is 5.03 Å². The maximum atomic E-state index is 11.8. The molecule has 1 rings (SSSR count). The Bertz CT molecular complexity index is 502. The highest BCUT2D eigenvalue weighted by atomic mass is 32.2. The number of pyridine rings is 1. The van der Waals surface area contributed by atoms with Crippen molar-refractivity contribution in [3.8, 4) is 0 Å². The lowest BCUT2D eigenvalue weighted by atomic mass is 10.4. The van der Waals surface area contributed by atoms with E-state index >= 15 is 0 Å². The van der Waals surface area contributed by atoms with Crippen molar-refractivity contribution < 1.29 is 13.2 Å². The van der Waals surface area contributed by atoms with E-state index in [2.05, 4.69) is 15.1 Å². The standard InChI is InChI=1S/C8H13N5O3S/c9-7(14)3-5-12-17(15,16)8-6(13-10)2-1-4-11-8/h1-2,4,12-13H,3,5,10H2,(H2,9,14). The average molecular weight is 259 g/mol. The number of amides is 1. The maximum absolute atomic E-state index is 11.8. The Morgan fingerprint density at radius 2 is 2.18 bits per heavy atom. The molecule has 0 atom stereocenters. The van der Waals surface area contributed by atoms with Crippen LogP contribution in [-0.4, -0.2) is 25.9 Å². The highest BCUT2D eigenvalue weighted by Gasteiger charge is 2.19. The molecule has 0 saturated heterocycles. The van der Waals surface area contributed by atoms with Crippen LogP contribution >= 0.6 is 0 Å². The molecule has 0 aliphatic heterocycles. The number of nitrogens with zero attached hydrogens (tertiary/aromatic N) is 1. The third-order valence-electron chi connectivity index (χ3n) is 1.84. The number of aromatic nitrogens is 1. The van der Waals surface area contributed by atoms with Crippen molar-refractivity contribution in [3.05, 3.63) is 18.3 Å². The number of carbonyl (C=O) groups is 1. The first-order valence-electron chi connectivity index (χ1n) is 4.67. The molecule has 6 N–H and O–H groups in total. The van der Waals surface area contributed by atoms with Crippen LogP contribution in [0.25, 0.3) is 0 Å². The summed E-state index contributed by atoms with van der Waals surface area (Å²) in [7, 11) is -3.81. The van der Waals surface area contributed by atoms with Gasteiger partial charge in [-0.3, -0.25) is 10.6 Å². The predicted molar refractivity (Wildman–Crippen MR) is 61.0 cm³/mol. The second-order valence-corrected chi connectivity index (χ2v) is 4.80. The fraction of sp³-hybridized carbons (Fsp3) is 0.250. The summed E-state index contributed by atoms with van der Waals surface area (Å²) in [5.41, 5.74) is 7.29. The van der Waals surface area contributed by atoms with Gasteiger partial charge in [-0.05, 0) is 12.1 Å². The van der Waals surface area contributed by atoms with E-state index < -0.39 is 15.9 Å². The summed E-state index contributed by atoms with van der Waals surface area (Å²) in [5, 5.41) is -0.230. The van der Waals surface area contributed by atoms with Gasteiger partial charge in [-0.2, -0.15) is 0 Å². The second kappa shape index (κ2) is 5.57. The zero-order chi connectivity index (χ0) is 12.9. The van der Waals surface area contributed by atoms with Gasteiger partial charge in [0.25, 0.3) is 10.0 Å². The number of hydrazine groups is 1. The van der Waals surface area contributed by atoms with Crippen molar-refractivity contribution in [2.24, 2.45) is 11.6 Å². The Morgan fingerprint density at radius 3 is 2.76 bits per heavy atom. The molecular weight excluding hydrogens is 246 g/mol. The molecule has 1 aromatic rings. The summed E-state index contributed by atoms with van der Waals surface area (Å²) in [4.78, 5) is 14.2. The Kier molecular flexibility index (Phi) is 4.37. The second-order valence-electron chi connectivity index (χ2n) is 3.11. The number of nitrogens with two attached hydrogens (primary N) is 2. The summed E-state index contributed by atoms with van der Waals surface area (Å²) in [6.45, 7) is -0.0851. The average Bonchev–Trinajstić information content (AvgIpc) is 2.28. The number of hydrogen-bond donors (Lipinski definition) is 4. The normalized spacial score (nSPS) is 11.1. The SMILES string of the molecule is NNc1cccnc1S(=O)(=O)NCCC(N)=O. The molecule has 0 aliphatic rings. The van der Waals surface area contributed by atoms with Crippen LogP contribution in [0.4, 0.5) is 5.69 Å². The Balaban J connectivity index is 2.86. The topological polar surface area (TPSA) is 140 Å². The molecule has 0 unspecified atom stereocenters. The highest BCUT2D eigenvalue weighted by Crippen LogP contribution is 2.15. The molecule has 1 amide bonds. The van der Waals surface area contributed by atoms with Gasteiger partial charge in [-0.15, -0.1) is 0 Å². The summed E-state index contributed by atoms with van der Waals surface area (Å²) in [6.07, 6.45) is 1.24. The summed E-state index contributed by atoms with van der Waals surface area (Å²) >= 11 is 0. The van der Waals surface area contributed by atoms with Gasteiger partial charge in [0.1, 0.15) is 0 Å². The number of sulfonamides is 1. The van der Waals surface area contributed by atoms with E-state index in [0.717, 1.165) is 0 Å². The quantitative estimate of drug-likeness (QED) is 0.363. The summed E-state index contributed by atoms with van der Waals surface area (Å²) < 4.78 is 25.7. The number of rotatable bonds is 6. The molecule has 1 heterocycles. The maximum Gasteiger partial charge on any atom is 0.260 e. The van der Waals surface area contributed by atoms with Crippen LogP contribution in [0.1, 0.15) is 6.42 Å². The first-order valence-corrected chi connectivity index (χ1v) is 6.15. The van der Waals surface area contributed by atoms with Gasteiger partial charge in [-0.1, -0.05) is 0 Å². The van der Waals surface area contributed by atoms with Crippen molar-refractivity contribution in [1.82, 2.24) is 9.71 Å². The minimum absolute atomic E-state index is 0.0851. The van der Waals surface area contributed by atoms with Crippen LogP contribution < -0.4 is 21.7 Å². The minimum Gasteiger partial charge on any atom is -0.370 e. The van der Waals surface area contributed by atoms with Crippen LogP contribution in [0.5, 0.6) is 0 Å². The van der Waals surface area contributed by atoms with Crippen molar-refractivity contribution in [2.75, 3.05) is 12.0 Å². The molecule has 0 aromatic carbocycles. The largest absolute Gasteiger partial charge is 0.370 e. The third kappa shape index (κ3) is 3.66. The summed E-state index contributed by atoms with van der Waals surface area (Å²) in [5.74, 6) is 4.58. The molecular formula is C8H13N5O3S. The first-order chi connectivity index (χ1) is 7.97. The Hall–Kier alpha value is -1.71. The molecule has 8 nitrogen and oxygen atoms in total. The Labute approximate surface area is 98.4 Å². The molecule has 0 bridgehead atoms. The van der Waals surface area contributed by atoms with Crippen LogP contribution in [-0.2, 0) is 14.8 Å². The predicted octanol–water partition coefficient (Wildman–Crippen LogP) is -1.48. The van der Waals surface area contributed by atoms with Crippen molar-refractivity contribution >= 4 is 21.6 Å². The number of nitrogen functional groups attached to an aromatic ring is 1. The zero-order valence-corrected chi connectivity index (χ0v) is 9.70. The monoisotopic (exact) mass is 259 g/mol. The number of carbonyl (C=O) groups excluding carboxylic acids is 1. The van der Waals surface area contributed by atoms with E-state index in [1.807, 2.05) is 0 Å². The number of nitrogens with one attached hydrogen (secondary N) is 2. The Morgan fingerprint density at radius 1 is 1.47 bits per heavy atom. The summed E-state index contributed by atoms with van der Waals surface area (Å²) in [6, 6.07) is 3.01. The molecule has 1 aromatic heterocycles. The fourth-order valence-electron chi connectivity index (χ4n) is 1.09. The molecule has 0 saturated carbocycles. The minimum atomic E-state index is -3.81. The molecule has 9 heteroatoms. The van der Waals surface area contributed by atoms with Gasteiger partial charge in [0.2, 0.25) is 5.91 Å². The van der Waals surface area contributed by atoms with Crippen molar-refractivity contribution in [1.29, 1.82) is 0 Å². The number of primary amides is 1. The molecule has 0 radical (unpaired) electrons. The van der Waals surface area contributed by atoms with Gasteiger partial charge in [-0.25, -0.2) is 18.1 Å². The van der Waals surface area contributed by atoms with E-state index in [1.54, 1.807) is 0 Å². The molecule has 94 valence electrons. The smallest absolute Gasteiger partial charge is 0.260 e. The lowest BCUT2D eigenvalue weighted by Crippen LogP contribution is -2.29. The van der Waals surface area contributed by atoms with Crippen LogP contribution in [0.3, 0.4) is 0 Å². The molecule has 0 spiro atoms. The third-order valence-corrected chi connectivity index (χ3v) is 3.26.